The van der Waals surface area contributed by atoms with Crippen molar-refractivity contribution in [1.82, 2.24) is 9.80 Å². The quantitative estimate of drug-likeness (QED) is 0.331. The first-order valence-corrected chi connectivity index (χ1v) is 10.1. The highest BCUT2D eigenvalue weighted by molar-refractivity contribution is 7.86. The number of cyclic esters (lactones) is 1. The van der Waals surface area contributed by atoms with Crippen LogP contribution in [0.2, 0.25) is 0 Å². The molecule has 2 saturated heterocycles. The lowest BCUT2D eigenvalue weighted by Crippen LogP contribution is -2.46. The first-order chi connectivity index (χ1) is 13.8. The third kappa shape index (κ3) is 5.19. The molecule has 2 amide bonds. The molecule has 2 aliphatic rings. The molecule has 2 aliphatic heterocycles. The molecule has 13 heteroatoms. The van der Waals surface area contributed by atoms with Crippen LogP contribution >= 0.6 is 0 Å². The number of rotatable bonds is 7. The van der Waals surface area contributed by atoms with E-state index in [1.54, 1.807) is 4.90 Å². The van der Waals surface area contributed by atoms with Gasteiger partial charge in [0.1, 0.15) is 19.3 Å². The zero-order valence-corrected chi connectivity index (χ0v) is 16.1. The van der Waals surface area contributed by atoms with Gasteiger partial charge in [0.25, 0.3) is 15.8 Å². The van der Waals surface area contributed by atoms with Crippen LogP contribution in [0, 0.1) is 10.1 Å². The van der Waals surface area contributed by atoms with E-state index in [4.69, 9.17) is 13.7 Å². The number of carbonyl (C=O) groups excluding carboxylic acids is 2. The second-order valence-electron chi connectivity index (χ2n) is 6.37. The maximum absolute atomic E-state index is 12.2. The van der Waals surface area contributed by atoms with Crippen LogP contribution in [0.1, 0.15) is 0 Å². The fraction of sp³-hybridized carbons (Fsp3) is 0.500. The lowest BCUT2D eigenvalue weighted by atomic mass is 10.3. The molecule has 0 unspecified atom stereocenters. The maximum Gasteiger partial charge on any atom is 0.410 e. The Bertz CT molecular complexity index is 881. The van der Waals surface area contributed by atoms with Gasteiger partial charge in [0, 0.05) is 25.2 Å². The second kappa shape index (κ2) is 8.71. The van der Waals surface area contributed by atoms with Crippen molar-refractivity contribution in [3.63, 3.8) is 0 Å². The van der Waals surface area contributed by atoms with E-state index in [1.807, 2.05) is 0 Å². The number of ether oxygens (including phenoxy) is 2. The Labute approximate surface area is 166 Å². The first kappa shape index (κ1) is 21.0. The van der Waals surface area contributed by atoms with Gasteiger partial charge < -0.3 is 14.4 Å². The topological polar surface area (TPSA) is 146 Å². The largest absolute Gasteiger partial charge is 0.442 e. The summed E-state index contributed by atoms with van der Waals surface area (Å²) in [5.41, 5.74) is -0.255. The summed E-state index contributed by atoms with van der Waals surface area (Å²) in [6.07, 6.45) is -1.60. The molecule has 1 aromatic carbocycles. The first-order valence-electron chi connectivity index (χ1n) is 8.71. The average Bonchev–Trinajstić information content (AvgIpc) is 3.06. The number of nitro benzene ring substituents is 1. The fourth-order valence-electron chi connectivity index (χ4n) is 2.83. The predicted molar refractivity (Wildman–Crippen MR) is 95.5 cm³/mol. The lowest BCUT2D eigenvalue weighted by molar-refractivity contribution is -0.384. The molecule has 1 atom stereocenters. The number of nitrogens with zero attached hydrogens (tertiary/aromatic N) is 3. The van der Waals surface area contributed by atoms with Crippen LogP contribution in [-0.2, 0) is 28.6 Å². The van der Waals surface area contributed by atoms with E-state index in [9.17, 15) is 28.1 Å². The van der Waals surface area contributed by atoms with Gasteiger partial charge in [-0.2, -0.15) is 8.42 Å². The highest BCUT2D eigenvalue weighted by Gasteiger charge is 2.35. The van der Waals surface area contributed by atoms with Gasteiger partial charge in [-0.05, 0) is 12.1 Å². The number of hydrogen-bond donors (Lipinski definition) is 0. The highest BCUT2D eigenvalue weighted by atomic mass is 32.2. The summed E-state index contributed by atoms with van der Waals surface area (Å²) < 4.78 is 39.5. The molecule has 2 heterocycles. The molecule has 12 nitrogen and oxygen atoms in total. The van der Waals surface area contributed by atoms with E-state index >= 15 is 0 Å². The van der Waals surface area contributed by atoms with Crippen LogP contribution in [0.15, 0.2) is 29.2 Å². The molecule has 29 heavy (non-hydrogen) atoms. The number of nitro groups is 1. The summed E-state index contributed by atoms with van der Waals surface area (Å²) >= 11 is 0. The van der Waals surface area contributed by atoms with Gasteiger partial charge >= 0.3 is 6.09 Å². The minimum absolute atomic E-state index is 0.00466. The molecule has 0 N–H and O–H groups in total. The highest BCUT2D eigenvalue weighted by Crippen LogP contribution is 2.19. The Morgan fingerprint density at radius 2 is 1.90 bits per heavy atom. The summed E-state index contributed by atoms with van der Waals surface area (Å²) in [6, 6.07) is 4.21. The van der Waals surface area contributed by atoms with Crippen molar-refractivity contribution in [2.75, 3.05) is 46.0 Å². The normalized spacial score (nSPS) is 19.9. The van der Waals surface area contributed by atoms with Crippen LogP contribution in [0.4, 0.5) is 10.5 Å². The predicted octanol–water partition coefficient (Wildman–Crippen LogP) is -0.0203. The zero-order chi connectivity index (χ0) is 21.0. The molecule has 158 valence electrons. The average molecular weight is 429 g/mol. The summed E-state index contributed by atoms with van der Waals surface area (Å²) in [6.45, 7) is 1.16. The number of carbonyl (C=O) groups is 2. The van der Waals surface area contributed by atoms with Crippen molar-refractivity contribution < 1.29 is 36.6 Å². The Kier molecular flexibility index (Phi) is 6.30. The van der Waals surface area contributed by atoms with Gasteiger partial charge in [0.05, 0.1) is 29.6 Å². The van der Waals surface area contributed by atoms with Crippen molar-refractivity contribution in [3.05, 3.63) is 34.4 Å². The molecule has 3 rings (SSSR count). The monoisotopic (exact) mass is 429 g/mol. The van der Waals surface area contributed by atoms with Gasteiger partial charge in [-0.1, -0.05) is 0 Å². The van der Waals surface area contributed by atoms with Crippen molar-refractivity contribution >= 4 is 27.8 Å². The Morgan fingerprint density at radius 3 is 2.52 bits per heavy atom. The number of hydrogen-bond acceptors (Lipinski definition) is 9. The standard InChI is InChI=1S/C16H19N3O9S/c20-15(17-5-7-26-8-6-17)10-18-9-13(28-16(18)21)11-27-29(24,25)14-3-1-12(2-4-14)19(22)23/h1-4,13H,5-11H2/t13-/m0/s1. The van der Waals surface area contributed by atoms with Gasteiger partial charge in [-0.25, -0.2) is 4.79 Å². The van der Waals surface area contributed by atoms with E-state index in [2.05, 4.69) is 0 Å². The van der Waals surface area contributed by atoms with E-state index < -0.39 is 33.8 Å². The molecule has 0 saturated carbocycles. The van der Waals surface area contributed by atoms with Crippen LogP contribution in [0.25, 0.3) is 0 Å². The molecular weight excluding hydrogens is 410 g/mol. The molecular formula is C16H19N3O9S. The number of non-ortho nitro benzene ring substituents is 1. The van der Waals surface area contributed by atoms with E-state index in [1.165, 1.54) is 4.90 Å². The van der Waals surface area contributed by atoms with Gasteiger partial charge in [0.15, 0.2) is 0 Å². The molecule has 2 fully saturated rings. The van der Waals surface area contributed by atoms with Crippen molar-refractivity contribution in [2.24, 2.45) is 0 Å². The number of benzene rings is 1. The summed E-state index contributed by atoms with van der Waals surface area (Å²) in [5, 5.41) is 10.6. The Hall–Kier alpha value is -2.77. The second-order valence-corrected chi connectivity index (χ2v) is 7.98. The van der Waals surface area contributed by atoms with Gasteiger partial charge in [-0.3, -0.25) is 24.0 Å². The molecule has 0 bridgehead atoms. The van der Waals surface area contributed by atoms with Gasteiger partial charge in [0.2, 0.25) is 5.91 Å². The summed E-state index contributed by atoms with van der Waals surface area (Å²) in [5.74, 6) is -0.245. The van der Waals surface area contributed by atoms with E-state index in [0.29, 0.717) is 26.3 Å². The minimum Gasteiger partial charge on any atom is -0.442 e. The molecule has 0 aliphatic carbocycles. The van der Waals surface area contributed by atoms with Crippen LogP contribution in [-0.4, -0.2) is 87.2 Å². The third-order valence-corrected chi connectivity index (χ3v) is 5.68. The molecule has 1 aromatic rings. The van der Waals surface area contributed by atoms with Crippen LogP contribution in [0.3, 0.4) is 0 Å². The van der Waals surface area contributed by atoms with E-state index in [-0.39, 0.29) is 29.6 Å². The molecule has 0 aromatic heterocycles. The van der Waals surface area contributed by atoms with Crippen molar-refractivity contribution in [3.8, 4) is 0 Å². The fourth-order valence-corrected chi connectivity index (χ4v) is 3.77. The van der Waals surface area contributed by atoms with Gasteiger partial charge in [-0.15, -0.1) is 0 Å². The van der Waals surface area contributed by atoms with E-state index in [0.717, 1.165) is 24.3 Å². The Morgan fingerprint density at radius 1 is 1.24 bits per heavy atom. The van der Waals surface area contributed by atoms with Crippen molar-refractivity contribution in [1.29, 1.82) is 0 Å². The number of morpholine rings is 1. The lowest BCUT2D eigenvalue weighted by Gasteiger charge is -2.28. The number of amides is 2. The smallest absolute Gasteiger partial charge is 0.410 e. The Balaban J connectivity index is 1.52. The minimum atomic E-state index is -4.19. The zero-order valence-electron chi connectivity index (χ0n) is 15.3. The SMILES string of the molecule is O=C(CN1C[C@@H](COS(=O)(=O)c2ccc([N+](=O)[O-])cc2)OC1=O)N1CCOCC1. The van der Waals surface area contributed by atoms with Crippen LogP contribution in [0.5, 0.6) is 0 Å². The third-order valence-electron chi connectivity index (χ3n) is 4.38. The van der Waals surface area contributed by atoms with Crippen molar-refractivity contribution in [2.45, 2.75) is 11.0 Å². The summed E-state index contributed by atoms with van der Waals surface area (Å²) in [7, 11) is -4.19. The molecule has 0 radical (unpaired) electrons. The summed E-state index contributed by atoms with van der Waals surface area (Å²) in [4.78, 5) is 36.7. The molecule has 0 spiro atoms. The van der Waals surface area contributed by atoms with Crippen LogP contribution < -0.4 is 0 Å². The maximum atomic E-state index is 12.2.